The molecule has 2 bridgehead atoms. The molecule has 2 unspecified atom stereocenters. The summed E-state index contributed by atoms with van der Waals surface area (Å²) in [5.74, 6) is -0.722. The van der Waals surface area contributed by atoms with Crippen LogP contribution in [0.1, 0.15) is 39.0 Å². The number of fused-ring (bicyclic) bond motifs is 2. The zero-order chi connectivity index (χ0) is 15.0. The minimum atomic E-state index is -0.390. The zero-order valence-corrected chi connectivity index (χ0v) is 13.8. The molecular formula is C16H21BrF2N2. The van der Waals surface area contributed by atoms with Crippen molar-refractivity contribution in [3.05, 3.63) is 28.2 Å². The van der Waals surface area contributed by atoms with Gasteiger partial charge in [-0.05, 0) is 60.6 Å². The minimum absolute atomic E-state index is 0.191. The van der Waals surface area contributed by atoms with Crippen LogP contribution < -0.4 is 10.2 Å². The smallest absolute Gasteiger partial charge is 0.147 e. The topological polar surface area (TPSA) is 15.3 Å². The fourth-order valence-corrected chi connectivity index (χ4v) is 4.26. The Balaban J connectivity index is 1.90. The first-order chi connectivity index (χ1) is 10.1. The summed E-state index contributed by atoms with van der Waals surface area (Å²) < 4.78 is 28.3. The Labute approximate surface area is 133 Å². The number of nitrogens with one attached hydrogen (secondary N) is 1. The molecule has 2 atom stereocenters. The molecule has 1 N–H and O–H groups in total. The second-order valence-electron chi connectivity index (χ2n) is 6.09. The molecule has 5 heteroatoms. The number of anilines is 1. The van der Waals surface area contributed by atoms with Crippen LogP contribution in [0, 0.1) is 11.6 Å². The third-order valence-corrected chi connectivity index (χ3v) is 5.34. The van der Waals surface area contributed by atoms with E-state index in [2.05, 4.69) is 33.1 Å². The number of benzene rings is 1. The van der Waals surface area contributed by atoms with Crippen molar-refractivity contribution in [1.82, 2.24) is 5.32 Å². The highest BCUT2D eigenvalue weighted by Crippen LogP contribution is 2.39. The Hall–Kier alpha value is -0.680. The molecule has 2 fully saturated rings. The van der Waals surface area contributed by atoms with E-state index < -0.39 is 5.82 Å². The molecule has 21 heavy (non-hydrogen) atoms. The second-order valence-corrected chi connectivity index (χ2v) is 6.94. The molecule has 1 aromatic carbocycles. The van der Waals surface area contributed by atoms with Gasteiger partial charge >= 0.3 is 0 Å². The summed E-state index contributed by atoms with van der Waals surface area (Å²) in [5.41, 5.74) is 0.431. The summed E-state index contributed by atoms with van der Waals surface area (Å²) in [6, 6.07) is 3.73. The van der Waals surface area contributed by atoms with Crippen molar-refractivity contribution in [2.24, 2.45) is 0 Å². The van der Waals surface area contributed by atoms with Crippen LogP contribution in [0.2, 0.25) is 0 Å². The lowest BCUT2D eigenvalue weighted by Crippen LogP contribution is -2.56. The fourth-order valence-electron chi connectivity index (χ4n) is 3.94. The summed E-state index contributed by atoms with van der Waals surface area (Å²) in [6.07, 6.45) is 5.35. The Morgan fingerprint density at radius 2 is 1.86 bits per heavy atom. The number of hydrogen-bond acceptors (Lipinski definition) is 2. The van der Waals surface area contributed by atoms with Crippen LogP contribution in [-0.2, 0) is 0 Å². The quantitative estimate of drug-likeness (QED) is 0.813. The molecule has 2 saturated heterocycles. The molecule has 116 valence electrons. The summed E-state index contributed by atoms with van der Waals surface area (Å²) in [4.78, 5) is 2.14. The molecule has 0 spiro atoms. The lowest BCUT2D eigenvalue weighted by molar-refractivity contribution is 0.245. The highest BCUT2D eigenvalue weighted by Gasteiger charge is 2.39. The maximum absolute atomic E-state index is 14.3. The summed E-state index contributed by atoms with van der Waals surface area (Å²) in [6.45, 7) is 3.08. The largest absolute Gasteiger partial charge is 0.363 e. The van der Waals surface area contributed by atoms with Crippen molar-refractivity contribution in [2.45, 2.75) is 57.2 Å². The van der Waals surface area contributed by atoms with E-state index in [4.69, 9.17) is 0 Å². The van der Waals surface area contributed by atoms with E-state index in [0.717, 1.165) is 32.2 Å². The van der Waals surface area contributed by atoms with Crippen LogP contribution >= 0.6 is 15.9 Å². The molecule has 0 radical (unpaired) electrons. The van der Waals surface area contributed by atoms with E-state index in [-0.39, 0.29) is 10.3 Å². The number of halogens is 3. The molecule has 2 heterocycles. The Morgan fingerprint density at radius 1 is 1.19 bits per heavy atom. The third-order valence-electron chi connectivity index (χ3n) is 4.74. The van der Waals surface area contributed by atoms with Gasteiger partial charge in [0.05, 0.1) is 10.2 Å². The lowest BCUT2D eigenvalue weighted by atomic mass is 9.81. The predicted octanol–water partition coefficient (Wildman–Crippen LogP) is 4.23. The number of piperidine rings is 2. The van der Waals surface area contributed by atoms with Gasteiger partial charge in [0.25, 0.3) is 0 Å². The van der Waals surface area contributed by atoms with Gasteiger partial charge in [0, 0.05) is 24.2 Å². The number of rotatable bonds is 3. The van der Waals surface area contributed by atoms with Gasteiger partial charge < -0.3 is 10.2 Å². The van der Waals surface area contributed by atoms with Crippen LogP contribution in [0.15, 0.2) is 16.6 Å². The zero-order valence-electron chi connectivity index (χ0n) is 12.2. The molecule has 2 nitrogen and oxygen atoms in total. The van der Waals surface area contributed by atoms with Gasteiger partial charge in [0.15, 0.2) is 0 Å². The maximum atomic E-state index is 14.3. The molecule has 2 aliphatic rings. The van der Waals surface area contributed by atoms with Gasteiger partial charge in [0.1, 0.15) is 11.6 Å². The average molecular weight is 359 g/mol. The van der Waals surface area contributed by atoms with Crippen LogP contribution in [0.25, 0.3) is 0 Å². The van der Waals surface area contributed by atoms with Crippen molar-refractivity contribution < 1.29 is 8.78 Å². The van der Waals surface area contributed by atoms with Gasteiger partial charge in [-0.25, -0.2) is 8.78 Å². The van der Waals surface area contributed by atoms with Gasteiger partial charge in [-0.3, -0.25) is 0 Å². The molecule has 0 aliphatic carbocycles. The lowest BCUT2D eigenvalue weighted by Gasteiger charge is -2.50. The average Bonchev–Trinajstić information content (AvgIpc) is 2.42. The minimum Gasteiger partial charge on any atom is -0.363 e. The fraction of sp³-hybridized carbons (Fsp3) is 0.625. The third kappa shape index (κ3) is 2.95. The first-order valence-corrected chi connectivity index (χ1v) is 8.55. The van der Waals surface area contributed by atoms with Crippen molar-refractivity contribution in [1.29, 1.82) is 0 Å². The van der Waals surface area contributed by atoms with E-state index in [1.807, 2.05) is 0 Å². The first kappa shape index (κ1) is 15.2. The summed E-state index contributed by atoms with van der Waals surface area (Å²) >= 11 is 3.05. The van der Waals surface area contributed by atoms with Gasteiger partial charge in [-0.15, -0.1) is 0 Å². The van der Waals surface area contributed by atoms with Gasteiger partial charge in [-0.1, -0.05) is 6.92 Å². The predicted molar refractivity (Wildman–Crippen MR) is 84.7 cm³/mol. The van der Waals surface area contributed by atoms with Crippen LogP contribution in [0.3, 0.4) is 0 Å². The van der Waals surface area contributed by atoms with Crippen LogP contribution in [0.4, 0.5) is 14.5 Å². The molecule has 0 aromatic heterocycles. The molecular weight excluding hydrogens is 338 g/mol. The van der Waals surface area contributed by atoms with Crippen LogP contribution in [-0.4, -0.2) is 24.7 Å². The van der Waals surface area contributed by atoms with Crippen molar-refractivity contribution in [2.75, 3.05) is 11.4 Å². The van der Waals surface area contributed by atoms with Crippen molar-refractivity contribution >= 4 is 21.6 Å². The Bertz CT molecular complexity index is 509. The molecule has 0 amide bonds. The Kier molecular flexibility index (Phi) is 4.50. The molecule has 0 saturated carbocycles. The highest BCUT2D eigenvalue weighted by molar-refractivity contribution is 9.10. The molecule has 3 rings (SSSR count). The van der Waals surface area contributed by atoms with E-state index in [0.29, 0.717) is 23.8 Å². The van der Waals surface area contributed by atoms with E-state index in [1.165, 1.54) is 18.6 Å². The van der Waals surface area contributed by atoms with Gasteiger partial charge in [-0.2, -0.15) is 0 Å². The first-order valence-electron chi connectivity index (χ1n) is 7.76. The summed E-state index contributed by atoms with van der Waals surface area (Å²) in [5, 5.41) is 3.52. The maximum Gasteiger partial charge on any atom is 0.147 e. The normalized spacial score (nSPS) is 28.8. The second kappa shape index (κ2) is 6.21. The van der Waals surface area contributed by atoms with Crippen LogP contribution in [0.5, 0.6) is 0 Å². The van der Waals surface area contributed by atoms with E-state index in [9.17, 15) is 8.78 Å². The van der Waals surface area contributed by atoms with E-state index in [1.54, 1.807) is 0 Å². The highest BCUT2D eigenvalue weighted by atomic mass is 79.9. The molecule has 2 aliphatic heterocycles. The SMILES string of the molecule is CCNC1CC2CCCC(C1)N2c1cc(F)c(Br)cc1F. The van der Waals surface area contributed by atoms with E-state index >= 15 is 0 Å². The Morgan fingerprint density at radius 3 is 2.48 bits per heavy atom. The number of hydrogen-bond donors (Lipinski definition) is 1. The number of nitrogens with zero attached hydrogens (tertiary/aromatic N) is 1. The summed E-state index contributed by atoms with van der Waals surface area (Å²) in [7, 11) is 0. The monoisotopic (exact) mass is 358 g/mol. The molecule has 1 aromatic rings. The standard InChI is InChI=1S/C16H21BrF2N2/c1-2-20-10-6-11-4-3-5-12(7-10)21(11)16-9-14(18)13(17)8-15(16)19/h8-12,20H,2-7H2,1H3. The van der Waals surface area contributed by atoms with Crippen molar-refractivity contribution in [3.8, 4) is 0 Å². The van der Waals surface area contributed by atoms with Crippen molar-refractivity contribution in [3.63, 3.8) is 0 Å². The van der Waals surface area contributed by atoms with Gasteiger partial charge in [0.2, 0.25) is 0 Å².